The molecule has 0 fully saturated rings. The summed E-state index contributed by atoms with van der Waals surface area (Å²) < 4.78 is 10.2. The van der Waals surface area contributed by atoms with Gasteiger partial charge in [-0.25, -0.2) is 0 Å². The highest BCUT2D eigenvalue weighted by Crippen LogP contribution is 2.11. The van der Waals surface area contributed by atoms with Crippen LogP contribution in [0.4, 0.5) is 5.69 Å². The molecule has 1 amide bonds. The Kier molecular flexibility index (Phi) is 4.36. The average molecular weight is 284 g/mol. The van der Waals surface area contributed by atoms with Crippen LogP contribution < -0.4 is 15.5 Å². The Balaban J connectivity index is 1.96. The van der Waals surface area contributed by atoms with Crippen molar-refractivity contribution in [3.8, 4) is 11.8 Å². The molecule has 0 atom stereocenters. The molecule has 0 bridgehead atoms. The fourth-order valence-corrected chi connectivity index (χ4v) is 1.64. The highest BCUT2D eigenvalue weighted by atomic mass is 16.5. The number of benzene rings is 1. The summed E-state index contributed by atoms with van der Waals surface area (Å²) in [4.78, 5) is 23.3. The van der Waals surface area contributed by atoms with Crippen LogP contribution in [0.15, 0.2) is 45.8 Å². The largest absolute Gasteiger partial charge is 0.476 e. The van der Waals surface area contributed by atoms with Crippen LogP contribution in [0.3, 0.4) is 0 Å². The van der Waals surface area contributed by atoms with Gasteiger partial charge in [0.25, 0.3) is 5.91 Å². The van der Waals surface area contributed by atoms with Gasteiger partial charge in [-0.05, 0) is 31.2 Å². The molecule has 1 heterocycles. The molecule has 0 saturated carbocycles. The van der Waals surface area contributed by atoms with Gasteiger partial charge in [0.15, 0.2) is 6.61 Å². The van der Waals surface area contributed by atoms with E-state index < -0.39 is 5.91 Å². The standard InChI is InChI=1S/C15H12N2O4/c1-10-15(13(18)6-7-20-10)21-9-14(19)17-12-4-2-11(8-16)3-5-12/h2-7H,9H2,1H3,(H,17,19). The molecule has 0 unspecified atom stereocenters. The zero-order chi connectivity index (χ0) is 15.2. The maximum Gasteiger partial charge on any atom is 0.262 e. The Morgan fingerprint density at radius 1 is 1.33 bits per heavy atom. The lowest BCUT2D eigenvalue weighted by molar-refractivity contribution is -0.118. The fraction of sp³-hybridized carbons (Fsp3) is 0.133. The summed E-state index contributed by atoms with van der Waals surface area (Å²) >= 11 is 0. The number of carbonyl (C=O) groups excluding carboxylic acids is 1. The van der Waals surface area contributed by atoms with Crippen LogP contribution in [0.25, 0.3) is 0 Å². The monoisotopic (exact) mass is 284 g/mol. The van der Waals surface area contributed by atoms with E-state index >= 15 is 0 Å². The maximum atomic E-state index is 11.7. The SMILES string of the molecule is Cc1occc(=O)c1OCC(=O)Nc1ccc(C#N)cc1. The molecule has 6 nitrogen and oxygen atoms in total. The predicted molar refractivity (Wildman–Crippen MR) is 75.0 cm³/mol. The van der Waals surface area contributed by atoms with Crippen molar-refractivity contribution >= 4 is 11.6 Å². The molecule has 0 radical (unpaired) electrons. The third-order valence-electron chi connectivity index (χ3n) is 2.65. The smallest absolute Gasteiger partial charge is 0.262 e. The van der Waals surface area contributed by atoms with Crippen LogP contribution in [0.1, 0.15) is 11.3 Å². The molecule has 0 aliphatic carbocycles. The van der Waals surface area contributed by atoms with E-state index in [1.54, 1.807) is 31.2 Å². The first-order chi connectivity index (χ1) is 10.1. The number of nitrogens with zero attached hydrogens (tertiary/aromatic N) is 1. The van der Waals surface area contributed by atoms with Crippen LogP contribution in [0.5, 0.6) is 5.75 Å². The highest BCUT2D eigenvalue weighted by Gasteiger charge is 2.09. The maximum absolute atomic E-state index is 11.7. The first-order valence-electron chi connectivity index (χ1n) is 6.11. The fourth-order valence-electron chi connectivity index (χ4n) is 1.64. The van der Waals surface area contributed by atoms with Gasteiger partial charge in [-0.2, -0.15) is 5.26 Å². The van der Waals surface area contributed by atoms with Crippen molar-refractivity contribution in [3.63, 3.8) is 0 Å². The summed E-state index contributed by atoms with van der Waals surface area (Å²) in [6.07, 6.45) is 1.27. The number of carbonyl (C=O) groups is 1. The average Bonchev–Trinajstić information content (AvgIpc) is 2.47. The lowest BCUT2D eigenvalue weighted by atomic mass is 10.2. The number of nitriles is 1. The normalized spacial score (nSPS) is 9.71. The number of aryl methyl sites for hydroxylation is 1. The number of hydrogen-bond acceptors (Lipinski definition) is 5. The van der Waals surface area contributed by atoms with E-state index in [2.05, 4.69) is 5.32 Å². The van der Waals surface area contributed by atoms with E-state index in [4.69, 9.17) is 14.4 Å². The number of nitrogens with one attached hydrogen (secondary N) is 1. The molecule has 21 heavy (non-hydrogen) atoms. The summed E-state index contributed by atoms with van der Waals surface area (Å²) in [5, 5.41) is 11.3. The van der Waals surface area contributed by atoms with Gasteiger partial charge in [-0.15, -0.1) is 0 Å². The zero-order valence-corrected chi connectivity index (χ0v) is 11.3. The third-order valence-corrected chi connectivity index (χ3v) is 2.65. The van der Waals surface area contributed by atoms with Gasteiger partial charge in [0.1, 0.15) is 5.76 Å². The van der Waals surface area contributed by atoms with Crippen molar-refractivity contribution < 1.29 is 13.9 Å². The number of hydrogen-bond donors (Lipinski definition) is 1. The lowest BCUT2D eigenvalue weighted by Crippen LogP contribution is -2.22. The molecule has 0 spiro atoms. The minimum Gasteiger partial charge on any atom is -0.476 e. The molecule has 6 heteroatoms. The Morgan fingerprint density at radius 3 is 2.67 bits per heavy atom. The predicted octanol–water partition coefficient (Wildman–Crippen LogP) is 1.84. The number of ether oxygens (including phenoxy) is 1. The second-order valence-corrected chi connectivity index (χ2v) is 4.20. The van der Waals surface area contributed by atoms with Crippen molar-refractivity contribution in [3.05, 3.63) is 58.1 Å². The Bertz CT molecular complexity index is 742. The number of amides is 1. The molecular weight excluding hydrogens is 272 g/mol. The van der Waals surface area contributed by atoms with E-state index in [-0.39, 0.29) is 17.8 Å². The van der Waals surface area contributed by atoms with E-state index in [9.17, 15) is 9.59 Å². The Hall–Kier alpha value is -3.07. The Labute approximate surface area is 120 Å². The molecular formula is C15H12N2O4. The van der Waals surface area contributed by atoms with Gasteiger partial charge in [0.05, 0.1) is 17.9 Å². The molecule has 1 N–H and O–H groups in total. The van der Waals surface area contributed by atoms with Gasteiger partial charge in [0, 0.05) is 11.8 Å². The van der Waals surface area contributed by atoms with Crippen molar-refractivity contribution in [2.75, 3.05) is 11.9 Å². The van der Waals surface area contributed by atoms with Gasteiger partial charge < -0.3 is 14.5 Å². The van der Waals surface area contributed by atoms with Crippen molar-refractivity contribution in [2.24, 2.45) is 0 Å². The summed E-state index contributed by atoms with van der Waals surface area (Å²) in [6.45, 7) is 1.27. The molecule has 106 valence electrons. The topological polar surface area (TPSA) is 92.3 Å². The van der Waals surface area contributed by atoms with E-state index in [1.165, 1.54) is 12.3 Å². The zero-order valence-electron chi connectivity index (χ0n) is 11.3. The van der Waals surface area contributed by atoms with Crippen LogP contribution >= 0.6 is 0 Å². The summed E-state index contributed by atoms with van der Waals surface area (Å²) in [5.74, 6) is -0.0801. The second-order valence-electron chi connectivity index (χ2n) is 4.20. The van der Waals surface area contributed by atoms with Crippen LogP contribution in [0, 0.1) is 18.3 Å². The molecule has 0 aliphatic heterocycles. The van der Waals surface area contributed by atoms with E-state index in [0.29, 0.717) is 17.0 Å². The van der Waals surface area contributed by atoms with E-state index in [0.717, 1.165) is 0 Å². The minimum atomic E-state index is -0.414. The van der Waals surface area contributed by atoms with Crippen LogP contribution in [-0.4, -0.2) is 12.5 Å². The lowest BCUT2D eigenvalue weighted by Gasteiger charge is -2.08. The second kappa shape index (κ2) is 6.39. The quantitative estimate of drug-likeness (QED) is 0.924. The Morgan fingerprint density at radius 2 is 2.05 bits per heavy atom. The highest BCUT2D eigenvalue weighted by molar-refractivity contribution is 5.91. The van der Waals surface area contributed by atoms with Gasteiger partial charge in [0.2, 0.25) is 11.2 Å². The molecule has 2 aromatic rings. The summed E-state index contributed by atoms with van der Waals surface area (Å²) in [6, 6.07) is 9.61. The number of anilines is 1. The summed E-state index contributed by atoms with van der Waals surface area (Å²) in [7, 11) is 0. The van der Waals surface area contributed by atoms with E-state index in [1.807, 2.05) is 6.07 Å². The molecule has 1 aromatic heterocycles. The van der Waals surface area contributed by atoms with Crippen LogP contribution in [0.2, 0.25) is 0 Å². The van der Waals surface area contributed by atoms with Crippen molar-refractivity contribution in [1.82, 2.24) is 0 Å². The molecule has 0 aliphatic rings. The summed E-state index contributed by atoms with van der Waals surface area (Å²) in [5.41, 5.74) is 0.700. The van der Waals surface area contributed by atoms with Gasteiger partial charge >= 0.3 is 0 Å². The molecule has 2 rings (SSSR count). The molecule has 0 saturated heterocycles. The van der Waals surface area contributed by atoms with Crippen molar-refractivity contribution in [2.45, 2.75) is 6.92 Å². The van der Waals surface area contributed by atoms with Gasteiger partial charge in [-0.1, -0.05) is 0 Å². The first kappa shape index (κ1) is 14.3. The number of rotatable bonds is 4. The van der Waals surface area contributed by atoms with Crippen molar-refractivity contribution in [1.29, 1.82) is 5.26 Å². The first-order valence-corrected chi connectivity index (χ1v) is 6.11. The van der Waals surface area contributed by atoms with Crippen LogP contribution in [-0.2, 0) is 4.79 Å². The van der Waals surface area contributed by atoms with Gasteiger partial charge in [-0.3, -0.25) is 9.59 Å². The molecule has 1 aromatic carbocycles. The minimum absolute atomic E-state index is 0.0208. The third kappa shape index (κ3) is 3.70.